The smallest absolute Gasteiger partial charge is 0.322 e. The molecule has 2 nitrogen and oxygen atoms in total. The van der Waals surface area contributed by atoms with E-state index < -0.39 is 0 Å². The van der Waals surface area contributed by atoms with Crippen LogP contribution in [0.5, 0.6) is 0 Å². The Hall–Kier alpha value is -0.960. The first kappa shape index (κ1) is 10.6. The topological polar surface area (TPSA) is 26.3 Å². The number of esters is 1. The second-order valence-corrected chi connectivity index (χ2v) is 5.36. The summed E-state index contributed by atoms with van der Waals surface area (Å²) >= 11 is 1.63. The number of hydrogen-bond donors (Lipinski definition) is 0. The van der Waals surface area contributed by atoms with Crippen molar-refractivity contribution in [3.05, 3.63) is 29.8 Å². The van der Waals surface area contributed by atoms with E-state index in [0.717, 1.165) is 17.7 Å². The minimum Gasteiger partial charge on any atom is -0.468 e. The predicted octanol–water partition coefficient (Wildman–Crippen LogP) is 2.79. The molecule has 0 spiro atoms. The third kappa shape index (κ3) is 2.17. The maximum atomic E-state index is 11.5. The Morgan fingerprint density at radius 2 is 2.20 bits per heavy atom. The van der Waals surface area contributed by atoms with E-state index in [-0.39, 0.29) is 10.7 Å². The van der Waals surface area contributed by atoms with Crippen LogP contribution in [0.1, 0.15) is 18.4 Å². The van der Waals surface area contributed by atoms with Gasteiger partial charge in [0.2, 0.25) is 0 Å². The molecule has 0 amide bonds. The summed E-state index contributed by atoms with van der Waals surface area (Å²) in [6.45, 7) is 2.06. The fourth-order valence-electron chi connectivity index (χ4n) is 1.55. The highest BCUT2D eigenvalue weighted by Gasteiger charge is 2.52. The van der Waals surface area contributed by atoms with E-state index in [1.807, 2.05) is 12.1 Å². The van der Waals surface area contributed by atoms with Crippen LogP contribution in [0.3, 0.4) is 0 Å². The summed E-state index contributed by atoms with van der Waals surface area (Å²) in [7, 11) is 1.46. The van der Waals surface area contributed by atoms with Gasteiger partial charge in [-0.25, -0.2) is 0 Å². The van der Waals surface area contributed by atoms with Crippen LogP contribution in [0.15, 0.2) is 29.2 Å². The lowest BCUT2D eigenvalue weighted by Crippen LogP contribution is -2.19. The van der Waals surface area contributed by atoms with Crippen LogP contribution in [0.4, 0.5) is 0 Å². The van der Waals surface area contributed by atoms with Crippen molar-refractivity contribution in [2.24, 2.45) is 0 Å². The first-order valence-electron chi connectivity index (χ1n) is 5.00. The van der Waals surface area contributed by atoms with Crippen molar-refractivity contribution < 1.29 is 9.53 Å². The van der Waals surface area contributed by atoms with Gasteiger partial charge in [-0.3, -0.25) is 4.79 Å². The van der Waals surface area contributed by atoms with Gasteiger partial charge in [-0.15, -0.1) is 11.8 Å². The van der Waals surface area contributed by atoms with E-state index >= 15 is 0 Å². The van der Waals surface area contributed by atoms with Crippen LogP contribution < -0.4 is 0 Å². The van der Waals surface area contributed by atoms with Crippen molar-refractivity contribution in [3.8, 4) is 0 Å². The van der Waals surface area contributed by atoms with E-state index in [1.54, 1.807) is 11.8 Å². The molecule has 80 valence electrons. The molecule has 0 aliphatic heterocycles. The number of aryl methyl sites for hydroxylation is 1. The molecule has 0 bridgehead atoms. The van der Waals surface area contributed by atoms with Crippen molar-refractivity contribution in [3.63, 3.8) is 0 Å². The highest BCUT2D eigenvalue weighted by molar-refractivity contribution is 8.01. The molecule has 0 unspecified atom stereocenters. The van der Waals surface area contributed by atoms with E-state index in [1.165, 1.54) is 12.7 Å². The minimum absolute atomic E-state index is 0.0889. The summed E-state index contributed by atoms with van der Waals surface area (Å²) < 4.78 is 4.53. The zero-order valence-electron chi connectivity index (χ0n) is 8.95. The van der Waals surface area contributed by atoms with Crippen LogP contribution in [0.25, 0.3) is 0 Å². The Bertz CT molecular complexity index is 383. The summed E-state index contributed by atoms with van der Waals surface area (Å²) in [5.41, 5.74) is 1.22. The van der Waals surface area contributed by atoms with Gasteiger partial charge in [0.1, 0.15) is 4.75 Å². The average Bonchev–Trinajstić information content (AvgIpc) is 2.98. The summed E-state index contributed by atoms with van der Waals surface area (Å²) in [6, 6.07) is 8.22. The largest absolute Gasteiger partial charge is 0.468 e. The Balaban J connectivity index is 2.12. The third-order valence-corrected chi connectivity index (χ3v) is 4.02. The van der Waals surface area contributed by atoms with Crippen LogP contribution in [0.2, 0.25) is 0 Å². The molecule has 1 aromatic carbocycles. The Kier molecular flexibility index (Phi) is 2.74. The maximum Gasteiger partial charge on any atom is 0.322 e. The van der Waals surface area contributed by atoms with Crippen LogP contribution in [0, 0.1) is 6.92 Å². The lowest BCUT2D eigenvalue weighted by molar-refractivity contribution is -0.140. The van der Waals surface area contributed by atoms with Gasteiger partial charge in [0.15, 0.2) is 0 Å². The van der Waals surface area contributed by atoms with Gasteiger partial charge in [0.05, 0.1) is 7.11 Å². The molecule has 3 heteroatoms. The molecule has 15 heavy (non-hydrogen) atoms. The molecule has 0 saturated heterocycles. The van der Waals surface area contributed by atoms with Crippen molar-refractivity contribution in [2.75, 3.05) is 7.11 Å². The van der Waals surface area contributed by atoms with Crippen LogP contribution >= 0.6 is 11.8 Å². The third-order valence-electron chi connectivity index (χ3n) is 2.56. The first-order valence-corrected chi connectivity index (χ1v) is 5.82. The van der Waals surface area contributed by atoms with Crippen molar-refractivity contribution in [2.45, 2.75) is 29.4 Å². The fourth-order valence-corrected chi connectivity index (χ4v) is 2.87. The van der Waals surface area contributed by atoms with E-state index in [0.29, 0.717) is 0 Å². The molecular weight excluding hydrogens is 208 g/mol. The SMILES string of the molecule is COC(=O)C1(Sc2cccc(C)c2)CC1. The number of hydrogen-bond acceptors (Lipinski definition) is 3. The Morgan fingerprint density at radius 3 is 2.73 bits per heavy atom. The molecule has 1 aromatic rings. The molecule has 1 aliphatic carbocycles. The lowest BCUT2D eigenvalue weighted by atomic mass is 10.2. The van der Waals surface area contributed by atoms with Gasteiger partial charge in [-0.2, -0.15) is 0 Å². The van der Waals surface area contributed by atoms with Gasteiger partial charge in [-0.1, -0.05) is 17.7 Å². The maximum absolute atomic E-state index is 11.5. The molecule has 1 aliphatic rings. The summed E-state index contributed by atoms with van der Waals surface area (Å²) in [6.07, 6.45) is 1.86. The highest BCUT2D eigenvalue weighted by atomic mass is 32.2. The zero-order valence-corrected chi connectivity index (χ0v) is 9.76. The zero-order chi connectivity index (χ0) is 10.9. The van der Waals surface area contributed by atoms with Gasteiger partial charge in [0, 0.05) is 4.90 Å². The van der Waals surface area contributed by atoms with Gasteiger partial charge < -0.3 is 4.74 Å². The van der Waals surface area contributed by atoms with E-state index in [9.17, 15) is 4.79 Å². The molecule has 2 rings (SSSR count). The predicted molar refractivity (Wildman–Crippen MR) is 61.0 cm³/mol. The quantitative estimate of drug-likeness (QED) is 0.736. The summed E-state index contributed by atoms with van der Waals surface area (Å²) in [5, 5.41) is 0. The number of methoxy groups -OCH3 is 1. The molecule has 1 fully saturated rings. The van der Waals surface area contributed by atoms with Gasteiger partial charge in [0.25, 0.3) is 0 Å². The van der Waals surface area contributed by atoms with Crippen molar-refractivity contribution in [1.29, 1.82) is 0 Å². The molecule has 1 saturated carbocycles. The highest BCUT2D eigenvalue weighted by Crippen LogP contribution is 2.52. The van der Waals surface area contributed by atoms with E-state index in [4.69, 9.17) is 4.74 Å². The molecule has 0 N–H and O–H groups in total. The Morgan fingerprint density at radius 1 is 1.47 bits per heavy atom. The lowest BCUT2D eigenvalue weighted by Gasteiger charge is -2.12. The van der Waals surface area contributed by atoms with Gasteiger partial charge >= 0.3 is 5.97 Å². The van der Waals surface area contributed by atoms with Gasteiger partial charge in [-0.05, 0) is 31.9 Å². The van der Waals surface area contributed by atoms with Crippen LogP contribution in [-0.2, 0) is 9.53 Å². The number of thioether (sulfide) groups is 1. The van der Waals surface area contributed by atoms with E-state index in [2.05, 4.69) is 19.1 Å². The number of benzene rings is 1. The first-order chi connectivity index (χ1) is 7.16. The Labute approximate surface area is 94.0 Å². The second-order valence-electron chi connectivity index (χ2n) is 3.90. The minimum atomic E-state index is -0.289. The molecular formula is C12H14O2S. The molecule has 0 atom stereocenters. The molecule has 0 aromatic heterocycles. The molecule has 0 heterocycles. The number of rotatable bonds is 3. The fraction of sp³-hybridized carbons (Fsp3) is 0.417. The normalized spacial score (nSPS) is 17.2. The average molecular weight is 222 g/mol. The number of ether oxygens (including phenoxy) is 1. The second kappa shape index (κ2) is 3.89. The summed E-state index contributed by atoms with van der Waals surface area (Å²) in [5.74, 6) is -0.0889. The van der Waals surface area contributed by atoms with Crippen molar-refractivity contribution >= 4 is 17.7 Å². The summed E-state index contributed by atoms with van der Waals surface area (Å²) in [4.78, 5) is 12.7. The molecule has 0 radical (unpaired) electrons. The monoisotopic (exact) mass is 222 g/mol. The number of carbonyl (C=O) groups is 1. The van der Waals surface area contributed by atoms with Crippen LogP contribution in [-0.4, -0.2) is 17.8 Å². The van der Waals surface area contributed by atoms with Crippen molar-refractivity contribution in [1.82, 2.24) is 0 Å². The number of carbonyl (C=O) groups excluding carboxylic acids is 1. The standard InChI is InChI=1S/C12H14O2S/c1-9-4-3-5-10(8-9)15-12(6-7-12)11(13)14-2/h3-5,8H,6-7H2,1-2H3.